The minimum absolute atomic E-state index is 0.192. The first kappa shape index (κ1) is 35.5. The van der Waals surface area contributed by atoms with Crippen LogP contribution >= 0.6 is 0 Å². The quantitative estimate of drug-likeness (QED) is 0.226. The number of benzene rings is 1. The zero-order chi connectivity index (χ0) is 32.4. The van der Waals surface area contributed by atoms with Crippen LogP contribution in [0.5, 0.6) is 0 Å². The van der Waals surface area contributed by atoms with Crippen molar-refractivity contribution in [2.75, 3.05) is 36.9 Å². The van der Waals surface area contributed by atoms with Crippen LogP contribution in [0.15, 0.2) is 47.0 Å². The molecule has 4 rings (SSSR count). The van der Waals surface area contributed by atoms with Gasteiger partial charge in [0.05, 0.1) is 22.8 Å². The van der Waals surface area contributed by atoms with Gasteiger partial charge < -0.3 is 15.5 Å². The fourth-order valence-corrected chi connectivity index (χ4v) is 5.25. The first-order valence-electron chi connectivity index (χ1n) is 15.9. The Hall–Kier alpha value is -3.68. The molecule has 43 heavy (non-hydrogen) atoms. The van der Waals surface area contributed by atoms with Gasteiger partial charge in [-0.1, -0.05) is 48.5 Å². The molecule has 1 aromatic carbocycles. The van der Waals surface area contributed by atoms with Crippen molar-refractivity contribution >= 4 is 28.0 Å². The van der Waals surface area contributed by atoms with Crippen molar-refractivity contribution < 1.29 is 8.97 Å². The summed E-state index contributed by atoms with van der Waals surface area (Å²) in [5.41, 5.74) is 5.82. The number of rotatable bonds is 11. The lowest BCUT2D eigenvalue weighted by Gasteiger charge is -2.28. The maximum atomic E-state index is 15.0. The van der Waals surface area contributed by atoms with Gasteiger partial charge in [-0.3, -0.25) is 14.3 Å². The van der Waals surface area contributed by atoms with Gasteiger partial charge in [0.15, 0.2) is 11.9 Å². The molecule has 2 N–H and O–H groups in total. The molecule has 1 aliphatic heterocycles. The number of hydrogen-bond acceptors (Lipinski definition) is 5. The van der Waals surface area contributed by atoms with E-state index in [2.05, 4.69) is 60.9 Å². The summed E-state index contributed by atoms with van der Waals surface area (Å²) in [6.07, 6.45) is 2.79. The first-order chi connectivity index (χ1) is 20.5. The normalized spacial score (nSPS) is 12.9. The summed E-state index contributed by atoms with van der Waals surface area (Å²) in [6, 6.07) is 8.82. The van der Waals surface area contributed by atoms with E-state index in [4.69, 9.17) is 4.98 Å². The van der Waals surface area contributed by atoms with Gasteiger partial charge in [-0.05, 0) is 67.5 Å². The van der Waals surface area contributed by atoms with E-state index in [-0.39, 0.29) is 17.5 Å². The topological polar surface area (TPSA) is 65.2 Å². The summed E-state index contributed by atoms with van der Waals surface area (Å²) in [7, 11) is 3.79. The third-order valence-electron chi connectivity index (χ3n) is 7.70. The zero-order valence-corrected chi connectivity index (χ0v) is 28.5. The molecule has 236 valence electrons. The van der Waals surface area contributed by atoms with Gasteiger partial charge in [0.2, 0.25) is 5.71 Å². The third-order valence-corrected chi connectivity index (χ3v) is 7.70. The van der Waals surface area contributed by atoms with Crippen LogP contribution in [-0.4, -0.2) is 46.5 Å². The highest BCUT2D eigenvalue weighted by Gasteiger charge is 2.23. The van der Waals surface area contributed by atoms with Crippen LogP contribution in [0.25, 0.3) is 10.8 Å². The van der Waals surface area contributed by atoms with E-state index in [1.54, 1.807) is 17.7 Å². The van der Waals surface area contributed by atoms with Crippen LogP contribution in [0.3, 0.4) is 0 Å². The molecule has 0 aliphatic carbocycles. The molecule has 2 aromatic heterocycles. The van der Waals surface area contributed by atoms with E-state index in [1.807, 2.05) is 59.9 Å². The molecule has 0 saturated carbocycles. The van der Waals surface area contributed by atoms with Gasteiger partial charge in [0.1, 0.15) is 18.7 Å². The molecule has 8 heteroatoms. The summed E-state index contributed by atoms with van der Waals surface area (Å²) >= 11 is 0. The van der Waals surface area contributed by atoms with Crippen molar-refractivity contribution in [1.29, 1.82) is 0 Å². The maximum Gasteiger partial charge on any atom is 0.259 e. The third kappa shape index (κ3) is 8.03. The molecule has 1 aliphatic rings. The second kappa shape index (κ2) is 16.2. The molecule has 0 spiro atoms. The number of nitrogens with zero attached hydrogens (tertiary/aromatic N) is 4. The molecule has 0 fully saturated rings. The van der Waals surface area contributed by atoms with E-state index >= 15 is 0 Å². The van der Waals surface area contributed by atoms with Crippen LogP contribution in [0.1, 0.15) is 97.6 Å². The fourth-order valence-electron chi connectivity index (χ4n) is 5.25. The van der Waals surface area contributed by atoms with Crippen LogP contribution in [0.2, 0.25) is 0 Å². The lowest BCUT2D eigenvalue weighted by Crippen LogP contribution is -2.39. The van der Waals surface area contributed by atoms with E-state index in [9.17, 15) is 9.18 Å². The number of aryl methyl sites for hydroxylation is 1. The molecule has 0 amide bonds. The fraction of sp³-hybridized carbons (Fsp3) is 0.514. The Morgan fingerprint density at radius 3 is 2.28 bits per heavy atom. The Morgan fingerprint density at radius 1 is 1.05 bits per heavy atom. The predicted octanol–water partition coefficient (Wildman–Crippen LogP) is 7.49. The van der Waals surface area contributed by atoms with Crippen molar-refractivity contribution in [2.24, 2.45) is 7.05 Å². The van der Waals surface area contributed by atoms with Gasteiger partial charge in [-0.25, -0.2) is 8.97 Å². The van der Waals surface area contributed by atoms with Gasteiger partial charge in [0.25, 0.3) is 5.56 Å². The molecule has 7 nitrogen and oxygen atoms in total. The smallest absolute Gasteiger partial charge is 0.259 e. The average molecular weight is 594 g/mol. The van der Waals surface area contributed by atoms with Crippen molar-refractivity contribution in [3.05, 3.63) is 75.4 Å². The molecule has 3 heterocycles. The van der Waals surface area contributed by atoms with Crippen LogP contribution in [0.4, 0.5) is 15.9 Å². The molecular formula is C35H54FN6O+. The molecule has 1 atom stereocenters. The van der Waals surface area contributed by atoms with Gasteiger partial charge in [0, 0.05) is 39.3 Å². The monoisotopic (exact) mass is 593 g/mol. The molecule has 0 saturated heterocycles. The highest BCUT2D eigenvalue weighted by molar-refractivity contribution is 5.96. The predicted molar refractivity (Wildman–Crippen MR) is 182 cm³/mol. The Bertz CT molecular complexity index is 1500. The van der Waals surface area contributed by atoms with Crippen LogP contribution in [0, 0.1) is 12.7 Å². The van der Waals surface area contributed by atoms with E-state index in [0.717, 1.165) is 65.6 Å². The minimum Gasteiger partial charge on any atom is -0.377 e. The second-order valence-electron chi connectivity index (χ2n) is 10.7. The number of hydrogen-bond donors (Lipinski definition) is 2. The summed E-state index contributed by atoms with van der Waals surface area (Å²) in [5, 5.41) is 8.29. The maximum absolute atomic E-state index is 15.0. The molecule has 1 unspecified atom stereocenters. The average Bonchev–Trinajstić information content (AvgIpc) is 3.01. The SMILES string of the molecule is CC.CC.CCC(Nc1ccc(C)nc1C(C)C)c1cc(F)cc2c(=O)n(C)c(N(CC)CCNC3=C[N+](C)=C3C)cc12. The number of halogens is 1. The summed E-state index contributed by atoms with van der Waals surface area (Å²) < 4.78 is 18.7. The van der Waals surface area contributed by atoms with Crippen molar-refractivity contribution in [2.45, 2.75) is 87.6 Å². The lowest BCUT2D eigenvalue weighted by molar-refractivity contribution is -0.436. The van der Waals surface area contributed by atoms with E-state index in [0.29, 0.717) is 5.39 Å². The number of aromatic nitrogens is 2. The Balaban J connectivity index is 0.00000155. The summed E-state index contributed by atoms with van der Waals surface area (Å²) in [6.45, 7) is 22.7. The number of anilines is 2. The number of nitrogens with one attached hydrogen (secondary N) is 2. The van der Waals surface area contributed by atoms with E-state index < -0.39 is 5.82 Å². The number of likely N-dealkylation sites (N-methyl/N-ethyl adjacent to an activating group) is 1. The number of allylic oxidation sites excluding steroid dienone is 1. The van der Waals surface area contributed by atoms with Crippen molar-refractivity contribution in [3.63, 3.8) is 0 Å². The number of pyridine rings is 2. The Labute approximate surface area is 258 Å². The second-order valence-corrected chi connectivity index (χ2v) is 10.7. The molecule has 0 bridgehead atoms. The van der Waals surface area contributed by atoms with Gasteiger partial charge in [-0.2, -0.15) is 0 Å². The first-order valence-corrected chi connectivity index (χ1v) is 15.9. The molecule has 3 aromatic rings. The highest BCUT2D eigenvalue weighted by atomic mass is 19.1. The standard InChI is InChI=1S/C31H42FN6O.2C2H6/c1-9-26(35-27-12-11-20(5)34-30(27)19(3)4)24-15-22(32)16-25-23(24)17-29(37(8)31(25)39)38(10-2)14-13-33-28-18-36(7)21(28)6;2*1-2/h11-12,15-19,26,33,35H,9-10,13-14H2,1-8H3;2*1-2H3/q+1;;. The van der Waals surface area contributed by atoms with Crippen LogP contribution in [-0.2, 0) is 7.05 Å². The van der Waals surface area contributed by atoms with Crippen LogP contribution < -0.4 is 21.1 Å². The lowest BCUT2D eigenvalue weighted by atomic mass is 9.96. The van der Waals surface area contributed by atoms with Gasteiger partial charge in [-0.15, -0.1) is 0 Å². The largest absolute Gasteiger partial charge is 0.377 e. The van der Waals surface area contributed by atoms with Crippen molar-refractivity contribution in [1.82, 2.24) is 14.9 Å². The van der Waals surface area contributed by atoms with Gasteiger partial charge >= 0.3 is 0 Å². The minimum atomic E-state index is -0.407. The Morgan fingerprint density at radius 2 is 1.72 bits per heavy atom. The number of fused-ring (bicyclic) bond motifs is 1. The van der Waals surface area contributed by atoms with Crippen molar-refractivity contribution in [3.8, 4) is 0 Å². The summed E-state index contributed by atoms with van der Waals surface area (Å²) in [5.74, 6) is 0.646. The molecule has 0 radical (unpaired) electrons. The Kier molecular flexibility index (Phi) is 13.4. The zero-order valence-electron chi connectivity index (χ0n) is 28.5. The molecular weight excluding hydrogens is 539 g/mol. The summed E-state index contributed by atoms with van der Waals surface area (Å²) in [4.78, 5) is 20.5. The highest BCUT2D eigenvalue weighted by Crippen LogP contribution is 2.33. The van der Waals surface area contributed by atoms with E-state index in [1.165, 1.54) is 11.8 Å².